The van der Waals surface area contributed by atoms with Crippen LogP contribution in [0.1, 0.15) is 19.3 Å². The smallest absolute Gasteiger partial charge is 0.322 e. The monoisotopic (exact) mass is 443 g/mol. The van der Waals surface area contributed by atoms with E-state index in [1.807, 2.05) is 0 Å². The van der Waals surface area contributed by atoms with Gasteiger partial charge in [-0.05, 0) is 25.0 Å². The molecule has 4 heterocycles. The maximum atomic E-state index is 13.0. The summed E-state index contributed by atoms with van der Waals surface area (Å²) in [4.78, 5) is 12.8. The van der Waals surface area contributed by atoms with Crippen molar-refractivity contribution in [3.63, 3.8) is 0 Å². The van der Waals surface area contributed by atoms with Crippen LogP contribution < -0.4 is 5.32 Å². The summed E-state index contributed by atoms with van der Waals surface area (Å²) in [5, 5.41) is 13.5. The van der Waals surface area contributed by atoms with Gasteiger partial charge in [-0.3, -0.25) is 10.1 Å². The largest absolute Gasteiger partial charge is 0.400 e. The van der Waals surface area contributed by atoms with Crippen LogP contribution in [0.2, 0.25) is 4.34 Å². The predicted octanol–water partition coefficient (Wildman–Crippen LogP) is 2.62. The van der Waals surface area contributed by atoms with E-state index in [9.17, 15) is 13.2 Å². The van der Waals surface area contributed by atoms with Crippen LogP contribution >= 0.6 is 22.9 Å². The summed E-state index contributed by atoms with van der Waals surface area (Å²) in [7, 11) is -3.84. The van der Waals surface area contributed by atoms with E-state index in [0.29, 0.717) is 17.2 Å². The highest BCUT2D eigenvalue weighted by Gasteiger charge is 2.38. The Kier molecular flexibility index (Phi) is 5.19. The fraction of sp³-hybridized carbons (Fsp3) is 0.333. The summed E-state index contributed by atoms with van der Waals surface area (Å²) in [6.07, 6.45) is 3.19. The van der Waals surface area contributed by atoms with Gasteiger partial charge >= 0.3 is 6.01 Å². The van der Waals surface area contributed by atoms with E-state index >= 15 is 0 Å². The second-order valence-corrected chi connectivity index (χ2v) is 9.80. The lowest BCUT2D eigenvalue weighted by atomic mass is 10.0. The molecule has 1 aliphatic heterocycles. The summed E-state index contributed by atoms with van der Waals surface area (Å²) < 4.78 is 37.8. The lowest BCUT2D eigenvalue weighted by molar-refractivity contribution is -0.120. The zero-order chi connectivity index (χ0) is 19.7. The average molecular weight is 444 g/mol. The maximum Gasteiger partial charge on any atom is 0.322 e. The lowest BCUT2D eigenvalue weighted by Gasteiger charge is -2.32. The van der Waals surface area contributed by atoms with Crippen molar-refractivity contribution < 1.29 is 22.2 Å². The molecule has 0 saturated carbocycles. The Hall–Kier alpha value is -2.28. The van der Waals surface area contributed by atoms with Crippen molar-refractivity contribution in [1.82, 2.24) is 19.7 Å². The Morgan fingerprint density at radius 1 is 1.29 bits per heavy atom. The third-order valence-corrected chi connectivity index (χ3v) is 7.78. The van der Waals surface area contributed by atoms with Crippen molar-refractivity contribution in [2.24, 2.45) is 0 Å². The molecule has 0 radical (unpaired) electrons. The Bertz CT molecular complexity index is 1080. The highest BCUT2D eigenvalue weighted by Crippen LogP contribution is 2.32. The summed E-state index contributed by atoms with van der Waals surface area (Å²) in [5.41, 5.74) is 0. The van der Waals surface area contributed by atoms with Crippen molar-refractivity contribution >= 4 is 44.9 Å². The van der Waals surface area contributed by atoms with Crippen LogP contribution in [0.15, 0.2) is 37.5 Å². The van der Waals surface area contributed by atoms with Crippen LogP contribution in [-0.2, 0) is 14.8 Å². The predicted molar refractivity (Wildman–Crippen MR) is 99.3 cm³/mol. The molecule has 0 bridgehead atoms. The Morgan fingerprint density at radius 2 is 2.14 bits per heavy atom. The van der Waals surface area contributed by atoms with Gasteiger partial charge in [0.2, 0.25) is 11.7 Å². The van der Waals surface area contributed by atoms with E-state index in [-0.39, 0.29) is 28.4 Å². The topological polar surface area (TPSA) is 131 Å². The normalized spacial score (nSPS) is 18.2. The Balaban J connectivity index is 1.53. The van der Waals surface area contributed by atoms with Crippen molar-refractivity contribution in [2.75, 3.05) is 11.9 Å². The van der Waals surface area contributed by atoms with Crippen LogP contribution in [0.4, 0.5) is 6.01 Å². The van der Waals surface area contributed by atoms with Gasteiger partial charge in [0.05, 0.1) is 10.5 Å². The van der Waals surface area contributed by atoms with Crippen molar-refractivity contribution in [3.05, 3.63) is 28.7 Å². The summed E-state index contributed by atoms with van der Waals surface area (Å²) in [6.45, 7) is 0.239. The second kappa shape index (κ2) is 7.62. The second-order valence-electron chi connectivity index (χ2n) is 5.96. The van der Waals surface area contributed by atoms with Crippen LogP contribution in [0.5, 0.6) is 0 Å². The molecule has 13 heteroatoms. The number of sulfonamides is 1. The molecule has 3 aromatic heterocycles. The molecule has 0 spiro atoms. The van der Waals surface area contributed by atoms with Crippen LogP contribution in [-0.4, -0.2) is 46.6 Å². The molecule has 0 unspecified atom stereocenters. The Morgan fingerprint density at radius 3 is 2.86 bits per heavy atom. The van der Waals surface area contributed by atoms with Crippen molar-refractivity contribution in [2.45, 2.75) is 29.5 Å². The molecule has 28 heavy (non-hydrogen) atoms. The number of anilines is 1. The quantitative estimate of drug-likeness (QED) is 0.636. The highest BCUT2D eigenvalue weighted by atomic mass is 35.5. The molecule has 1 N–H and O–H groups in total. The van der Waals surface area contributed by atoms with E-state index in [1.165, 1.54) is 28.7 Å². The SMILES string of the molecule is O=C(Nc1nnc(-c2ccno2)o1)[C@@H]1CCCCN1S(=O)(=O)c1ccc(Cl)s1. The van der Waals surface area contributed by atoms with Gasteiger partial charge in [0.15, 0.2) is 0 Å². The number of amides is 1. The van der Waals surface area contributed by atoms with E-state index in [2.05, 4.69) is 20.7 Å². The molecule has 1 atom stereocenters. The lowest BCUT2D eigenvalue weighted by Crippen LogP contribution is -2.49. The summed E-state index contributed by atoms with van der Waals surface area (Å²) in [5.74, 6) is -0.239. The number of hydrogen-bond donors (Lipinski definition) is 1. The minimum Gasteiger partial charge on any atom is -0.400 e. The zero-order valence-electron chi connectivity index (χ0n) is 14.2. The van der Waals surface area contributed by atoms with Crippen LogP contribution in [0, 0.1) is 0 Å². The number of thiophene rings is 1. The first-order valence-electron chi connectivity index (χ1n) is 8.28. The number of nitrogens with one attached hydrogen (secondary N) is 1. The molecule has 148 valence electrons. The standard InChI is InChI=1S/C15H14ClN5O5S2/c16-11-4-5-12(27-11)28(23,24)21-8-2-1-3-9(21)13(22)18-15-20-19-14(25-15)10-6-7-17-26-10/h4-7,9H,1-3,8H2,(H,18,20,22)/t9-/m0/s1. The van der Waals surface area contributed by atoms with E-state index in [1.54, 1.807) is 0 Å². The first kappa shape index (κ1) is 19.1. The van der Waals surface area contributed by atoms with Crippen molar-refractivity contribution in [3.8, 4) is 11.7 Å². The molecule has 1 saturated heterocycles. The molecule has 0 aliphatic carbocycles. The molecule has 3 aromatic rings. The minimum absolute atomic E-state index is 0.0501. The van der Waals surface area contributed by atoms with Gasteiger partial charge in [0, 0.05) is 12.6 Å². The third kappa shape index (κ3) is 3.68. The first-order valence-corrected chi connectivity index (χ1v) is 10.9. The number of rotatable bonds is 5. The summed E-state index contributed by atoms with van der Waals surface area (Å²) in [6, 6.07) is 3.44. The number of carbonyl (C=O) groups excluding carboxylic acids is 1. The molecule has 1 aliphatic rings. The molecular weight excluding hydrogens is 430 g/mol. The number of carbonyl (C=O) groups is 1. The van der Waals surface area contributed by atoms with E-state index in [4.69, 9.17) is 20.5 Å². The average Bonchev–Trinajstić information content (AvgIpc) is 3.43. The number of halogens is 1. The molecule has 10 nitrogen and oxygen atoms in total. The van der Waals surface area contributed by atoms with Crippen LogP contribution in [0.25, 0.3) is 11.7 Å². The number of nitrogens with zero attached hydrogens (tertiary/aromatic N) is 4. The van der Waals surface area contributed by atoms with Gasteiger partial charge in [-0.15, -0.1) is 16.4 Å². The number of piperidine rings is 1. The van der Waals surface area contributed by atoms with E-state index < -0.39 is 22.0 Å². The fourth-order valence-electron chi connectivity index (χ4n) is 2.89. The first-order chi connectivity index (χ1) is 13.4. The van der Waals surface area contributed by atoms with Crippen LogP contribution in [0.3, 0.4) is 0 Å². The Labute approximate surface area is 168 Å². The molecule has 0 aromatic carbocycles. The van der Waals surface area contributed by atoms with Gasteiger partial charge in [-0.25, -0.2) is 8.42 Å². The van der Waals surface area contributed by atoms with Gasteiger partial charge in [-0.1, -0.05) is 28.3 Å². The maximum absolute atomic E-state index is 13.0. The van der Waals surface area contributed by atoms with Gasteiger partial charge in [-0.2, -0.15) is 4.31 Å². The molecule has 1 fully saturated rings. The van der Waals surface area contributed by atoms with Gasteiger partial charge in [0.25, 0.3) is 15.9 Å². The highest BCUT2D eigenvalue weighted by molar-refractivity contribution is 7.91. The minimum atomic E-state index is -3.84. The molecular formula is C15H14ClN5O5S2. The number of hydrogen-bond acceptors (Lipinski definition) is 9. The van der Waals surface area contributed by atoms with E-state index in [0.717, 1.165) is 17.8 Å². The third-order valence-electron chi connectivity index (χ3n) is 4.17. The zero-order valence-corrected chi connectivity index (χ0v) is 16.6. The van der Waals surface area contributed by atoms with Crippen molar-refractivity contribution in [1.29, 1.82) is 0 Å². The molecule has 4 rings (SSSR count). The fourth-order valence-corrected chi connectivity index (χ4v) is 6.16. The molecule has 1 amide bonds. The van der Waals surface area contributed by atoms with Gasteiger partial charge < -0.3 is 8.94 Å². The summed E-state index contributed by atoms with van der Waals surface area (Å²) >= 11 is 6.83. The van der Waals surface area contributed by atoms with Gasteiger partial charge in [0.1, 0.15) is 10.3 Å². The number of aromatic nitrogens is 3.